The van der Waals surface area contributed by atoms with Crippen molar-refractivity contribution in [2.75, 3.05) is 13.7 Å². The van der Waals surface area contributed by atoms with Crippen LogP contribution in [0.25, 0.3) is 10.9 Å². The van der Waals surface area contributed by atoms with Gasteiger partial charge in [-0.2, -0.15) is 0 Å². The Kier molecular flexibility index (Phi) is 3.57. The highest BCUT2D eigenvalue weighted by Gasteiger charge is 2.01. The van der Waals surface area contributed by atoms with Crippen LogP contribution in [0.4, 0.5) is 4.39 Å². The Labute approximate surface area is 94.6 Å². The van der Waals surface area contributed by atoms with Crippen molar-refractivity contribution in [3.05, 3.63) is 36.3 Å². The van der Waals surface area contributed by atoms with Crippen LogP contribution in [0.2, 0.25) is 0 Å². The SMILES string of the molecule is COCCCCn1ccc2ccc(F)cc21. The van der Waals surface area contributed by atoms with Crippen LogP contribution in [0.1, 0.15) is 12.8 Å². The Hall–Kier alpha value is -1.35. The van der Waals surface area contributed by atoms with Crippen molar-refractivity contribution in [1.82, 2.24) is 4.57 Å². The Bertz CT molecular complexity index is 464. The first-order valence-corrected chi connectivity index (χ1v) is 5.54. The van der Waals surface area contributed by atoms with Crippen molar-refractivity contribution < 1.29 is 9.13 Å². The fraction of sp³-hybridized carbons (Fsp3) is 0.385. The van der Waals surface area contributed by atoms with Crippen molar-refractivity contribution in [2.24, 2.45) is 0 Å². The predicted octanol–water partition coefficient (Wildman–Crippen LogP) is 3.21. The largest absolute Gasteiger partial charge is 0.385 e. The van der Waals surface area contributed by atoms with Gasteiger partial charge in [0, 0.05) is 26.5 Å². The lowest BCUT2D eigenvalue weighted by Crippen LogP contribution is -1.98. The highest BCUT2D eigenvalue weighted by atomic mass is 19.1. The molecule has 1 heterocycles. The van der Waals surface area contributed by atoms with Crippen LogP contribution in [0, 0.1) is 5.82 Å². The second-order valence-corrected chi connectivity index (χ2v) is 3.91. The molecule has 0 spiro atoms. The van der Waals surface area contributed by atoms with E-state index in [4.69, 9.17) is 4.74 Å². The van der Waals surface area contributed by atoms with Gasteiger partial charge in [0.25, 0.3) is 0 Å². The molecule has 16 heavy (non-hydrogen) atoms. The van der Waals surface area contributed by atoms with Crippen LogP contribution in [-0.2, 0) is 11.3 Å². The first kappa shape index (κ1) is 11.1. The van der Waals surface area contributed by atoms with Gasteiger partial charge in [0.05, 0.1) is 5.52 Å². The highest BCUT2D eigenvalue weighted by Crippen LogP contribution is 2.17. The molecule has 0 fully saturated rings. The van der Waals surface area contributed by atoms with Crippen LogP contribution >= 0.6 is 0 Å². The normalized spacial score (nSPS) is 11.1. The molecule has 3 heteroatoms. The van der Waals surface area contributed by atoms with Gasteiger partial charge in [-0.1, -0.05) is 0 Å². The molecule has 0 radical (unpaired) electrons. The quantitative estimate of drug-likeness (QED) is 0.707. The summed E-state index contributed by atoms with van der Waals surface area (Å²) in [6.07, 6.45) is 4.09. The van der Waals surface area contributed by atoms with Crippen molar-refractivity contribution in [3.63, 3.8) is 0 Å². The summed E-state index contributed by atoms with van der Waals surface area (Å²) in [7, 11) is 1.71. The van der Waals surface area contributed by atoms with E-state index in [2.05, 4.69) is 4.57 Å². The second kappa shape index (κ2) is 5.12. The van der Waals surface area contributed by atoms with Gasteiger partial charge in [-0.05, 0) is 42.5 Å². The van der Waals surface area contributed by atoms with Crippen LogP contribution < -0.4 is 0 Å². The van der Waals surface area contributed by atoms with E-state index >= 15 is 0 Å². The molecule has 86 valence electrons. The molecular formula is C13H16FNO. The number of aromatic nitrogens is 1. The molecule has 0 bridgehead atoms. The number of rotatable bonds is 5. The van der Waals surface area contributed by atoms with E-state index in [1.165, 1.54) is 6.07 Å². The van der Waals surface area contributed by atoms with E-state index in [9.17, 15) is 4.39 Å². The summed E-state index contributed by atoms with van der Waals surface area (Å²) >= 11 is 0. The van der Waals surface area contributed by atoms with Gasteiger partial charge in [-0.3, -0.25) is 0 Å². The minimum absolute atomic E-state index is 0.177. The van der Waals surface area contributed by atoms with E-state index in [0.29, 0.717) is 0 Å². The first-order chi connectivity index (χ1) is 7.81. The Morgan fingerprint density at radius 2 is 2.12 bits per heavy atom. The summed E-state index contributed by atoms with van der Waals surface area (Å²) in [6.45, 7) is 1.70. The predicted molar refractivity (Wildman–Crippen MR) is 63.0 cm³/mol. The number of halogens is 1. The van der Waals surface area contributed by atoms with Crippen LogP contribution in [0.5, 0.6) is 0 Å². The molecule has 0 N–H and O–H groups in total. The van der Waals surface area contributed by atoms with Crippen LogP contribution in [-0.4, -0.2) is 18.3 Å². The molecule has 0 aliphatic carbocycles. The summed E-state index contributed by atoms with van der Waals surface area (Å²) in [5.74, 6) is -0.177. The fourth-order valence-corrected chi connectivity index (χ4v) is 1.88. The van der Waals surface area contributed by atoms with Crippen molar-refractivity contribution in [3.8, 4) is 0 Å². The van der Waals surface area contributed by atoms with E-state index in [1.54, 1.807) is 13.2 Å². The number of ether oxygens (including phenoxy) is 1. The van der Waals surface area contributed by atoms with E-state index in [0.717, 1.165) is 36.9 Å². The number of methoxy groups -OCH3 is 1. The molecule has 1 aromatic carbocycles. The standard InChI is InChI=1S/C13H16FNO/c1-16-9-3-2-7-15-8-6-11-4-5-12(14)10-13(11)15/h4-6,8,10H,2-3,7,9H2,1H3. The Balaban J connectivity index is 2.09. The number of hydrogen-bond donors (Lipinski definition) is 0. The monoisotopic (exact) mass is 221 g/mol. The zero-order valence-electron chi connectivity index (χ0n) is 9.45. The molecule has 0 aliphatic heterocycles. The maximum atomic E-state index is 13.1. The van der Waals surface area contributed by atoms with Crippen molar-refractivity contribution >= 4 is 10.9 Å². The summed E-state index contributed by atoms with van der Waals surface area (Å²) in [5, 5.41) is 1.09. The van der Waals surface area contributed by atoms with E-state index in [1.807, 2.05) is 18.3 Å². The molecule has 2 nitrogen and oxygen atoms in total. The third kappa shape index (κ3) is 2.42. The third-order valence-electron chi connectivity index (χ3n) is 2.73. The maximum Gasteiger partial charge on any atom is 0.125 e. The summed E-state index contributed by atoms with van der Waals surface area (Å²) in [5.41, 5.74) is 0.970. The van der Waals surface area contributed by atoms with Gasteiger partial charge in [-0.15, -0.1) is 0 Å². The summed E-state index contributed by atoms with van der Waals surface area (Å²) < 4.78 is 20.2. The average Bonchev–Trinajstić information content (AvgIpc) is 2.67. The lowest BCUT2D eigenvalue weighted by Gasteiger charge is -2.05. The number of hydrogen-bond acceptors (Lipinski definition) is 1. The van der Waals surface area contributed by atoms with Gasteiger partial charge in [0.15, 0.2) is 0 Å². The average molecular weight is 221 g/mol. The van der Waals surface area contributed by atoms with Crippen LogP contribution in [0.15, 0.2) is 30.5 Å². The number of aryl methyl sites for hydroxylation is 1. The molecule has 0 unspecified atom stereocenters. The minimum Gasteiger partial charge on any atom is -0.385 e. The fourth-order valence-electron chi connectivity index (χ4n) is 1.88. The zero-order chi connectivity index (χ0) is 11.4. The van der Waals surface area contributed by atoms with E-state index in [-0.39, 0.29) is 5.82 Å². The first-order valence-electron chi connectivity index (χ1n) is 5.54. The zero-order valence-corrected chi connectivity index (χ0v) is 9.45. The molecular weight excluding hydrogens is 205 g/mol. The molecule has 0 amide bonds. The Morgan fingerprint density at radius 1 is 1.25 bits per heavy atom. The molecule has 2 aromatic rings. The van der Waals surface area contributed by atoms with Gasteiger partial charge in [-0.25, -0.2) is 4.39 Å². The molecule has 0 saturated carbocycles. The van der Waals surface area contributed by atoms with Gasteiger partial charge < -0.3 is 9.30 Å². The van der Waals surface area contributed by atoms with Crippen molar-refractivity contribution in [2.45, 2.75) is 19.4 Å². The van der Waals surface area contributed by atoms with Gasteiger partial charge in [0.1, 0.15) is 5.82 Å². The lowest BCUT2D eigenvalue weighted by atomic mass is 10.2. The van der Waals surface area contributed by atoms with Gasteiger partial charge in [0.2, 0.25) is 0 Å². The maximum absolute atomic E-state index is 13.1. The van der Waals surface area contributed by atoms with Crippen molar-refractivity contribution in [1.29, 1.82) is 0 Å². The molecule has 2 rings (SSSR count). The highest BCUT2D eigenvalue weighted by molar-refractivity contribution is 5.80. The molecule has 0 atom stereocenters. The molecule has 0 aliphatic rings. The number of unbranched alkanes of at least 4 members (excludes halogenated alkanes) is 1. The number of benzene rings is 1. The smallest absolute Gasteiger partial charge is 0.125 e. The number of fused-ring (bicyclic) bond motifs is 1. The Morgan fingerprint density at radius 3 is 2.94 bits per heavy atom. The second-order valence-electron chi connectivity index (χ2n) is 3.91. The van der Waals surface area contributed by atoms with Crippen LogP contribution in [0.3, 0.4) is 0 Å². The number of nitrogens with zero attached hydrogens (tertiary/aromatic N) is 1. The molecule has 1 aromatic heterocycles. The van der Waals surface area contributed by atoms with Gasteiger partial charge >= 0.3 is 0 Å². The van der Waals surface area contributed by atoms with E-state index < -0.39 is 0 Å². The lowest BCUT2D eigenvalue weighted by molar-refractivity contribution is 0.191. The summed E-state index contributed by atoms with van der Waals surface area (Å²) in [6, 6.07) is 6.92. The molecule has 0 saturated heterocycles. The summed E-state index contributed by atoms with van der Waals surface area (Å²) in [4.78, 5) is 0. The third-order valence-corrected chi connectivity index (χ3v) is 2.73. The topological polar surface area (TPSA) is 14.2 Å². The minimum atomic E-state index is -0.177.